The van der Waals surface area contributed by atoms with Crippen LogP contribution in [0, 0.1) is 0 Å². The topological polar surface area (TPSA) is 98.8 Å². The quantitative estimate of drug-likeness (QED) is 0.519. The summed E-state index contributed by atoms with van der Waals surface area (Å²) >= 11 is 0. The van der Waals surface area contributed by atoms with E-state index in [1.807, 2.05) is 29.9 Å². The smallest absolute Gasteiger partial charge is 0.254 e. The Bertz CT molecular complexity index is 1240. The van der Waals surface area contributed by atoms with Gasteiger partial charge in [-0.2, -0.15) is 15.1 Å². The Morgan fingerprint density at radius 3 is 2.69 bits per heavy atom. The van der Waals surface area contributed by atoms with Crippen LogP contribution in [0.2, 0.25) is 0 Å². The molecule has 0 amide bonds. The van der Waals surface area contributed by atoms with Crippen LogP contribution in [0.4, 0.5) is 5.82 Å². The van der Waals surface area contributed by atoms with E-state index >= 15 is 0 Å². The van der Waals surface area contributed by atoms with E-state index in [2.05, 4.69) is 21.3 Å². The number of imidazole rings is 1. The first-order chi connectivity index (χ1) is 15.8. The Morgan fingerprint density at radius 2 is 1.91 bits per heavy atom. The van der Waals surface area contributed by atoms with Gasteiger partial charge >= 0.3 is 0 Å². The number of nitrogens with zero attached hydrogens (tertiary/aromatic N) is 8. The van der Waals surface area contributed by atoms with Gasteiger partial charge in [-0.05, 0) is 31.2 Å². The second kappa shape index (κ2) is 7.95. The van der Waals surface area contributed by atoms with Crippen molar-refractivity contribution in [2.45, 2.75) is 12.3 Å². The van der Waals surface area contributed by atoms with Gasteiger partial charge in [-0.15, -0.1) is 0 Å². The number of ether oxygens (including phenoxy) is 1. The summed E-state index contributed by atoms with van der Waals surface area (Å²) in [6, 6.07) is 5.99. The zero-order chi connectivity index (χ0) is 21.5. The maximum Gasteiger partial charge on any atom is 0.254 e. The first kappa shape index (κ1) is 19.3. The van der Waals surface area contributed by atoms with E-state index in [0.717, 1.165) is 66.7 Å². The number of rotatable bonds is 4. The average Bonchev–Trinajstić information content (AvgIpc) is 3.60. The maximum absolute atomic E-state index is 5.57. The second-order valence-electron chi connectivity index (χ2n) is 8.22. The lowest BCUT2D eigenvalue weighted by molar-refractivity contribution is 0.122. The number of hydrogen-bond donors (Lipinski definition) is 1. The zero-order valence-electron chi connectivity index (χ0n) is 18.0. The van der Waals surface area contributed by atoms with Gasteiger partial charge in [-0.1, -0.05) is 0 Å². The number of fused-ring (bicyclic) bond motifs is 1. The molecule has 4 aromatic rings. The third-order valence-corrected chi connectivity index (χ3v) is 6.23. The fourth-order valence-electron chi connectivity index (χ4n) is 4.47. The Kier molecular flexibility index (Phi) is 4.80. The Morgan fingerprint density at radius 1 is 1.06 bits per heavy atom. The third-order valence-electron chi connectivity index (χ3n) is 6.23. The highest BCUT2D eigenvalue weighted by Gasteiger charge is 2.24. The molecule has 2 fully saturated rings. The minimum absolute atomic E-state index is 0.439. The fraction of sp³-hybridized carbons (Fsp3) is 0.409. The van der Waals surface area contributed by atoms with Crippen LogP contribution in [0.3, 0.4) is 0 Å². The normalized spacial score (nSPS) is 19.2. The number of nitrogens with one attached hydrogen (secondary N) is 1. The van der Waals surface area contributed by atoms with Gasteiger partial charge in [0.2, 0.25) is 0 Å². The van der Waals surface area contributed by atoms with E-state index in [-0.39, 0.29) is 0 Å². The van der Waals surface area contributed by atoms with Gasteiger partial charge in [0.05, 0.1) is 18.9 Å². The first-order valence-electron chi connectivity index (χ1n) is 11.0. The molecule has 10 heteroatoms. The van der Waals surface area contributed by atoms with Crippen molar-refractivity contribution in [2.24, 2.45) is 7.05 Å². The van der Waals surface area contributed by atoms with Gasteiger partial charge in [0.1, 0.15) is 5.82 Å². The Labute approximate surface area is 185 Å². The lowest BCUT2D eigenvalue weighted by Gasteiger charge is -2.28. The maximum atomic E-state index is 5.57. The van der Waals surface area contributed by atoms with Crippen molar-refractivity contribution >= 4 is 17.0 Å². The molecule has 0 aromatic carbocycles. The zero-order valence-corrected chi connectivity index (χ0v) is 18.0. The molecule has 2 aliphatic rings. The molecule has 10 nitrogen and oxygen atoms in total. The highest BCUT2D eigenvalue weighted by molar-refractivity contribution is 5.87. The van der Waals surface area contributed by atoms with Crippen molar-refractivity contribution in [3.05, 3.63) is 42.5 Å². The van der Waals surface area contributed by atoms with Gasteiger partial charge in [0, 0.05) is 56.8 Å². The van der Waals surface area contributed by atoms with Gasteiger partial charge in [-0.3, -0.25) is 4.98 Å². The largest absolute Gasteiger partial charge is 0.378 e. The van der Waals surface area contributed by atoms with Crippen molar-refractivity contribution in [2.75, 3.05) is 44.3 Å². The van der Waals surface area contributed by atoms with E-state index in [9.17, 15) is 0 Å². The summed E-state index contributed by atoms with van der Waals surface area (Å²) in [6.07, 6.45) is 6.61. The Balaban J connectivity index is 1.49. The van der Waals surface area contributed by atoms with Crippen LogP contribution >= 0.6 is 0 Å². The average molecular weight is 432 g/mol. The number of anilines is 1. The first-order valence-corrected chi connectivity index (χ1v) is 11.0. The van der Waals surface area contributed by atoms with Gasteiger partial charge in [-0.25, -0.2) is 9.67 Å². The summed E-state index contributed by atoms with van der Waals surface area (Å²) in [6.45, 7) is 4.88. The number of morpholine rings is 1. The SMILES string of the molecule is Cn1c(-c2ccncc2)nc2c(N3CCOCC3)nc(-n3ccc(C4CCNC4)n3)nc21. The summed E-state index contributed by atoms with van der Waals surface area (Å²) in [4.78, 5) is 21.1. The number of hydrogen-bond acceptors (Lipinski definition) is 8. The van der Waals surface area contributed by atoms with E-state index in [0.29, 0.717) is 25.1 Å². The van der Waals surface area contributed by atoms with Crippen molar-refractivity contribution in [3.8, 4) is 17.3 Å². The summed E-state index contributed by atoms with van der Waals surface area (Å²) in [5.41, 5.74) is 3.64. The van der Waals surface area contributed by atoms with E-state index < -0.39 is 0 Å². The molecule has 1 atom stereocenters. The van der Waals surface area contributed by atoms with Crippen molar-refractivity contribution in [1.82, 2.24) is 39.6 Å². The molecule has 164 valence electrons. The molecule has 0 bridgehead atoms. The van der Waals surface area contributed by atoms with Crippen LogP contribution in [0.5, 0.6) is 0 Å². The highest BCUT2D eigenvalue weighted by Crippen LogP contribution is 2.29. The summed E-state index contributed by atoms with van der Waals surface area (Å²) in [7, 11) is 1.99. The van der Waals surface area contributed by atoms with Crippen LogP contribution in [0.1, 0.15) is 18.0 Å². The van der Waals surface area contributed by atoms with Crippen LogP contribution in [0.25, 0.3) is 28.5 Å². The molecule has 6 heterocycles. The van der Waals surface area contributed by atoms with Gasteiger partial charge in [0.15, 0.2) is 17.0 Å². The van der Waals surface area contributed by atoms with E-state index in [1.54, 1.807) is 17.1 Å². The van der Waals surface area contributed by atoms with Crippen molar-refractivity contribution in [3.63, 3.8) is 0 Å². The molecular weight excluding hydrogens is 406 g/mol. The van der Waals surface area contributed by atoms with Gasteiger partial charge in [0.25, 0.3) is 5.95 Å². The molecule has 1 N–H and O–H groups in total. The van der Waals surface area contributed by atoms with Crippen LogP contribution in [-0.4, -0.2) is 73.7 Å². The molecule has 0 spiro atoms. The van der Waals surface area contributed by atoms with Crippen molar-refractivity contribution < 1.29 is 4.74 Å². The molecule has 0 radical (unpaired) electrons. The predicted molar refractivity (Wildman–Crippen MR) is 120 cm³/mol. The molecule has 1 unspecified atom stereocenters. The number of aryl methyl sites for hydroxylation is 1. The predicted octanol–water partition coefficient (Wildman–Crippen LogP) is 1.52. The molecule has 0 saturated carbocycles. The van der Waals surface area contributed by atoms with Crippen LogP contribution < -0.4 is 10.2 Å². The molecule has 6 rings (SSSR count). The minimum Gasteiger partial charge on any atom is -0.378 e. The summed E-state index contributed by atoms with van der Waals surface area (Å²) in [5.74, 6) is 2.65. The monoisotopic (exact) mass is 431 g/mol. The van der Waals surface area contributed by atoms with E-state index in [4.69, 9.17) is 24.8 Å². The van der Waals surface area contributed by atoms with Crippen LogP contribution in [-0.2, 0) is 11.8 Å². The number of aromatic nitrogens is 7. The summed E-state index contributed by atoms with van der Waals surface area (Å²) in [5, 5.41) is 8.23. The van der Waals surface area contributed by atoms with Crippen molar-refractivity contribution in [1.29, 1.82) is 0 Å². The van der Waals surface area contributed by atoms with Crippen LogP contribution in [0.15, 0.2) is 36.8 Å². The number of pyridine rings is 1. The third kappa shape index (κ3) is 3.32. The molecular formula is C22H25N9O. The minimum atomic E-state index is 0.439. The lowest BCUT2D eigenvalue weighted by Crippen LogP contribution is -2.37. The molecule has 2 saturated heterocycles. The fourth-order valence-corrected chi connectivity index (χ4v) is 4.47. The molecule has 2 aliphatic heterocycles. The molecule has 0 aliphatic carbocycles. The Hall–Kier alpha value is -3.37. The second-order valence-corrected chi connectivity index (χ2v) is 8.22. The van der Waals surface area contributed by atoms with Gasteiger partial charge < -0.3 is 19.5 Å². The summed E-state index contributed by atoms with van der Waals surface area (Å²) < 4.78 is 9.37. The van der Waals surface area contributed by atoms with E-state index in [1.165, 1.54) is 0 Å². The highest BCUT2D eigenvalue weighted by atomic mass is 16.5. The lowest BCUT2D eigenvalue weighted by atomic mass is 10.1. The molecule has 4 aromatic heterocycles. The molecule has 32 heavy (non-hydrogen) atoms. The standard InChI is InChI=1S/C22H25N9O/c1-29-19(15-2-6-23-7-3-15)25-18-20(29)26-22(27-21(18)30-10-12-32-13-11-30)31-9-5-17(28-31)16-4-8-24-14-16/h2-3,5-7,9,16,24H,4,8,10-14H2,1H3.